The Morgan fingerprint density at radius 2 is 2.25 bits per heavy atom. The number of hydrogen-bond acceptors (Lipinski definition) is 2. The molecule has 0 aromatic rings. The van der Waals surface area contributed by atoms with Gasteiger partial charge in [0.2, 0.25) is 0 Å². The average Bonchev–Trinajstić information content (AvgIpc) is 2.23. The highest BCUT2D eigenvalue weighted by atomic mass is 127. The number of carboxylic acid groups (broad SMARTS) is 1. The number of halogens is 1. The van der Waals surface area contributed by atoms with E-state index in [-0.39, 0.29) is 12.3 Å². The fourth-order valence-corrected chi connectivity index (χ4v) is 1.53. The van der Waals surface area contributed by atoms with Crippen LogP contribution in [0, 0.1) is 17.8 Å². The molecule has 3 nitrogen and oxygen atoms in total. The maximum Gasteiger partial charge on any atom is 0.304 e. The van der Waals surface area contributed by atoms with Crippen LogP contribution < -0.4 is 0 Å². The summed E-state index contributed by atoms with van der Waals surface area (Å²) in [5.41, 5.74) is 0.761. The van der Waals surface area contributed by atoms with Gasteiger partial charge < -0.3 is 10.2 Å². The van der Waals surface area contributed by atoms with Crippen LogP contribution in [0.2, 0.25) is 0 Å². The molecule has 86 valence electrons. The Morgan fingerprint density at radius 3 is 2.69 bits per heavy atom. The third-order valence-corrected chi connectivity index (χ3v) is 2.09. The zero-order valence-electron chi connectivity index (χ0n) is 8.85. The number of aliphatic hydroxyl groups is 1. The number of aliphatic hydroxyl groups excluding tert-OH is 1. The standard InChI is InChI=1S/C12H13IO3/c1-2-4-11(9-12(15)16)10(6-7-13)5-3-8-14/h3,5-8,11,14H,9H2,1H3,(H,15,16)/b7-6-,8-3+,10-5+. The summed E-state index contributed by atoms with van der Waals surface area (Å²) in [6, 6.07) is 0. The molecule has 0 heterocycles. The first-order valence-corrected chi connectivity index (χ1v) is 5.82. The van der Waals surface area contributed by atoms with Crippen LogP contribution in [0.1, 0.15) is 13.3 Å². The van der Waals surface area contributed by atoms with Crippen molar-refractivity contribution in [2.45, 2.75) is 13.3 Å². The summed E-state index contributed by atoms with van der Waals surface area (Å²) in [5, 5.41) is 17.3. The first-order chi connectivity index (χ1) is 7.65. The van der Waals surface area contributed by atoms with E-state index in [1.807, 2.05) is 22.6 Å². The van der Waals surface area contributed by atoms with Crippen molar-refractivity contribution in [3.8, 4) is 11.8 Å². The lowest BCUT2D eigenvalue weighted by molar-refractivity contribution is -0.137. The molecule has 0 aliphatic rings. The monoisotopic (exact) mass is 332 g/mol. The van der Waals surface area contributed by atoms with Crippen LogP contribution in [-0.2, 0) is 4.79 Å². The van der Waals surface area contributed by atoms with Crippen LogP contribution in [0.15, 0.2) is 34.1 Å². The second-order valence-electron chi connectivity index (χ2n) is 2.85. The van der Waals surface area contributed by atoms with Crippen molar-refractivity contribution in [1.82, 2.24) is 0 Å². The van der Waals surface area contributed by atoms with Gasteiger partial charge in [-0.2, -0.15) is 0 Å². The fraction of sp³-hybridized carbons (Fsp3) is 0.250. The van der Waals surface area contributed by atoms with Crippen molar-refractivity contribution in [1.29, 1.82) is 0 Å². The lowest BCUT2D eigenvalue weighted by atomic mass is 9.95. The van der Waals surface area contributed by atoms with Crippen LogP contribution in [0.3, 0.4) is 0 Å². The summed E-state index contributed by atoms with van der Waals surface area (Å²) in [7, 11) is 0. The van der Waals surface area contributed by atoms with Crippen molar-refractivity contribution in [3.05, 3.63) is 34.1 Å². The molecule has 0 fully saturated rings. The van der Waals surface area contributed by atoms with E-state index in [1.165, 1.54) is 6.08 Å². The Morgan fingerprint density at radius 1 is 1.56 bits per heavy atom. The summed E-state index contributed by atoms with van der Waals surface area (Å²) >= 11 is 2.05. The summed E-state index contributed by atoms with van der Waals surface area (Å²) < 4.78 is 1.78. The van der Waals surface area contributed by atoms with E-state index in [2.05, 4.69) is 11.8 Å². The SMILES string of the molecule is CC#CC(CC(=O)O)C(/C=C\I)=C/C=C/O. The number of aliphatic carboxylic acids is 1. The molecule has 0 spiro atoms. The summed E-state index contributed by atoms with van der Waals surface area (Å²) in [5.74, 6) is 4.30. The third kappa shape index (κ3) is 6.30. The highest BCUT2D eigenvalue weighted by Gasteiger charge is 2.13. The molecule has 0 rings (SSSR count). The van der Waals surface area contributed by atoms with Crippen LogP contribution >= 0.6 is 22.6 Å². The maximum atomic E-state index is 10.7. The molecule has 0 aliphatic carbocycles. The fourth-order valence-electron chi connectivity index (χ4n) is 1.12. The lowest BCUT2D eigenvalue weighted by Crippen LogP contribution is -2.07. The number of hydrogen-bond donors (Lipinski definition) is 2. The van der Waals surface area contributed by atoms with E-state index in [0.29, 0.717) is 0 Å². The van der Waals surface area contributed by atoms with Crippen LogP contribution in [0.5, 0.6) is 0 Å². The molecule has 1 atom stereocenters. The Bertz CT molecular complexity index is 369. The molecule has 0 amide bonds. The van der Waals surface area contributed by atoms with Gasteiger partial charge in [0.05, 0.1) is 18.6 Å². The van der Waals surface area contributed by atoms with Crippen molar-refractivity contribution in [2.24, 2.45) is 5.92 Å². The van der Waals surface area contributed by atoms with E-state index in [1.54, 1.807) is 23.2 Å². The number of carboxylic acids is 1. The molecule has 0 bridgehead atoms. The number of rotatable bonds is 5. The van der Waals surface area contributed by atoms with Crippen molar-refractivity contribution in [2.75, 3.05) is 0 Å². The summed E-state index contributed by atoms with van der Waals surface area (Å²) in [6.45, 7) is 1.67. The summed E-state index contributed by atoms with van der Waals surface area (Å²) in [6.07, 6.45) is 5.72. The van der Waals surface area contributed by atoms with Gasteiger partial charge in [-0.25, -0.2) is 0 Å². The highest BCUT2D eigenvalue weighted by Crippen LogP contribution is 2.17. The molecule has 2 N–H and O–H groups in total. The molecule has 0 radical (unpaired) electrons. The second-order valence-corrected chi connectivity index (χ2v) is 3.56. The minimum atomic E-state index is -0.895. The molecular formula is C12H13IO3. The Labute approximate surface area is 109 Å². The molecule has 1 unspecified atom stereocenters. The first kappa shape index (κ1) is 14.8. The van der Waals surface area contributed by atoms with E-state index < -0.39 is 5.97 Å². The normalized spacial score (nSPS) is 13.8. The van der Waals surface area contributed by atoms with Crippen LogP contribution in [0.4, 0.5) is 0 Å². The van der Waals surface area contributed by atoms with Gasteiger partial charge in [0.1, 0.15) is 0 Å². The minimum absolute atomic E-state index is 0.0487. The van der Waals surface area contributed by atoms with Gasteiger partial charge in [-0.3, -0.25) is 4.79 Å². The van der Waals surface area contributed by atoms with E-state index in [9.17, 15) is 4.79 Å². The van der Waals surface area contributed by atoms with Crippen LogP contribution in [-0.4, -0.2) is 16.2 Å². The quantitative estimate of drug-likeness (QED) is 0.352. The van der Waals surface area contributed by atoms with E-state index >= 15 is 0 Å². The summed E-state index contributed by atoms with van der Waals surface area (Å²) in [4.78, 5) is 10.7. The van der Waals surface area contributed by atoms with Gasteiger partial charge >= 0.3 is 5.97 Å². The minimum Gasteiger partial charge on any atom is -0.516 e. The van der Waals surface area contributed by atoms with E-state index in [0.717, 1.165) is 11.8 Å². The predicted molar refractivity (Wildman–Crippen MR) is 72.2 cm³/mol. The lowest BCUT2D eigenvalue weighted by Gasteiger charge is -2.08. The van der Waals surface area contributed by atoms with Crippen molar-refractivity contribution < 1.29 is 15.0 Å². The molecule has 16 heavy (non-hydrogen) atoms. The largest absolute Gasteiger partial charge is 0.516 e. The van der Waals surface area contributed by atoms with Gasteiger partial charge in [-0.05, 0) is 22.7 Å². The van der Waals surface area contributed by atoms with Gasteiger partial charge in [-0.15, -0.1) is 5.92 Å². The smallest absolute Gasteiger partial charge is 0.304 e. The van der Waals surface area contributed by atoms with Crippen molar-refractivity contribution >= 4 is 28.6 Å². The van der Waals surface area contributed by atoms with Gasteiger partial charge in [-0.1, -0.05) is 40.7 Å². The van der Waals surface area contributed by atoms with E-state index in [4.69, 9.17) is 10.2 Å². The Hall–Kier alpha value is -1.22. The first-order valence-electron chi connectivity index (χ1n) is 4.57. The number of allylic oxidation sites excluding steroid dienone is 4. The molecule has 0 saturated heterocycles. The Balaban J connectivity index is 5.06. The molecular weight excluding hydrogens is 319 g/mol. The molecule has 4 heteroatoms. The molecule has 0 aromatic carbocycles. The zero-order valence-corrected chi connectivity index (χ0v) is 11.0. The van der Waals surface area contributed by atoms with Gasteiger partial charge in [0.25, 0.3) is 0 Å². The zero-order chi connectivity index (χ0) is 12.4. The molecule has 0 saturated carbocycles. The van der Waals surface area contributed by atoms with Gasteiger partial charge in [0.15, 0.2) is 0 Å². The predicted octanol–water partition coefficient (Wildman–Crippen LogP) is 3.05. The average molecular weight is 332 g/mol. The second kappa shape index (κ2) is 9.04. The molecule has 0 aromatic heterocycles. The maximum absolute atomic E-state index is 10.7. The topological polar surface area (TPSA) is 57.5 Å². The number of carbonyl (C=O) groups is 1. The van der Waals surface area contributed by atoms with Crippen molar-refractivity contribution in [3.63, 3.8) is 0 Å². The third-order valence-electron chi connectivity index (χ3n) is 1.73. The molecule has 0 aliphatic heterocycles. The van der Waals surface area contributed by atoms with Crippen LogP contribution in [0.25, 0.3) is 0 Å². The highest BCUT2D eigenvalue weighted by molar-refractivity contribution is 14.1. The Kier molecular flexibility index (Phi) is 8.35. The van der Waals surface area contributed by atoms with Gasteiger partial charge in [0, 0.05) is 0 Å².